The van der Waals surface area contributed by atoms with Crippen LogP contribution in [-0.2, 0) is 0 Å². The number of halogens is 1. The van der Waals surface area contributed by atoms with E-state index in [1.807, 2.05) is 24.3 Å². The number of hydrogen-bond acceptors (Lipinski definition) is 3. The van der Waals surface area contributed by atoms with Crippen molar-refractivity contribution in [3.63, 3.8) is 0 Å². The van der Waals surface area contributed by atoms with Gasteiger partial charge in [-0.15, -0.1) is 0 Å². The predicted molar refractivity (Wildman–Crippen MR) is 89.0 cm³/mol. The summed E-state index contributed by atoms with van der Waals surface area (Å²) in [6, 6.07) is 17.8. The van der Waals surface area contributed by atoms with Crippen LogP contribution in [0.1, 0.15) is 12.0 Å². The third-order valence-corrected chi connectivity index (χ3v) is 3.60. The summed E-state index contributed by atoms with van der Waals surface area (Å²) in [5.41, 5.74) is 2.67. The van der Waals surface area contributed by atoms with E-state index >= 15 is 0 Å². The molecule has 0 spiro atoms. The standard InChI is InChI=1S/C17H18ClN3/c1-21(16-6-3-2-4-7-16)11-5-10-20-15-9-8-14(13-19)17(18)12-15/h2-4,6-9,12,20H,5,10-11H2,1H3. The maximum absolute atomic E-state index is 8.83. The average Bonchev–Trinajstić information content (AvgIpc) is 2.52. The lowest BCUT2D eigenvalue weighted by molar-refractivity contribution is 0.816. The SMILES string of the molecule is CN(CCCNc1ccc(C#N)c(Cl)c1)c1ccccc1. The number of nitrogens with zero attached hydrogens (tertiary/aromatic N) is 2. The Morgan fingerprint density at radius 1 is 1.19 bits per heavy atom. The zero-order valence-electron chi connectivity index (χ0n) is 12.0. The minimum atomic E-state index is 0.490. The molecule has 0 radical (unpaired) electrons. The van der Waals surface area contributed by atoms with Crippen molar-refractivity contribution in [2.75, 3.05) is 30.4 Å². The van der Waals surface area contributed by atoms with E-state index in [0.29, 0.717) is 10.6 Å². The van der Waals surface area contributed by atoms with Crippen molar-refractivity contribution in [2.45, 2.75) is 6.42 Å². The summed E-state index contributed by atoms with van der Waals surface area (Å²) >= 11 is 6.00. The first-order chi connectivity index (χ1) is 10.2. The van der Waals surface area contributed by atoms with Crippen LogP contribution in [0.25, 0.3) is 0 Å². The molecule has 21 heavy (non-hydrogen) atoms. The van der Waals surface area contributed by atoms with Crippen LogP contribution in [0, 0.1) is 11.3 Å². The van der Waals surface area contributed by atoms with Gasteiger partial charge in [-0.2, -0.15) is 5.26 Å². The fourth-order valence-electron chi connectivity index (χ4n) is 2.08. The molecular formula is C17H18ClN3. The van der Waals surface area contributed by atoms with Gasteiger partial charge in [0.1, 0.15) is 6.07 Å². The van der Waals surface area contributed by atoms with Crippen molar-refractivity contribution in [1.82, 2.24) is 0 Å². The minimum Gasteiger partial charge on any atom is -0.385 e. The lowest BCUT2D eigenvalue weighted by Gasteiger charge is -2.19. The van der Waals surface area contributed by atoms with Crippen LogP contribution in [-0.4, -0.2) is 20.1 Å². The fourth-order valence-corrected chi connectivity index (χ4v) is 2.30. The van der Waals surface area contributed by atoms with Crippen LogP contribution in [0.2, 0.25) is 5.02 Å². The van der Waals surface area contributed by atoms with Gasteiger partial charge in [0, 0.05) is 31.5 Å². The van der Waals surface area contributed by atoms with Crippen molar-refractivity contribution in [3.8, 4) is 6.07 Å². The quantitative estimate of drug-likeness (QED) is 0.814. The van der Waals surface area contributed by atoms with Crippen molar-refractivity contribution >= 4 is 23.0 Å². The molecule has 2 rings (SSSR count). The molecule has 108 valence electrons. The monoisotopic (exact) mass is 299 g/mol. The molecule has 1 N–H and O–H groups in total. The fraction of sp³-hybridized carbons (Fsp3) is 0.235. The Labute approximate surface area is 130 Å². The molecule has 0 aliphatic heterocycles. The second-order valence-corrected chi connectivity index (χ2v) is 5.25. The van der Waals surface area contributed by atoms with E-state index in [4.69, 9.17) is 16.9 Å². The van der Waals surface area contributed by atoms with Gasteiger partial charge in [0.05, 0.1) is 10.6 Å². The summed E-state index contributed by atoms with van der Waals surface area (Å²) in [5.74, 6) is 0. The van der Waals surface area contributed by atoms with Gasteiger partial charge >= 0.3 is 0 Å². The molecule has 2 aromatic rings. The van der Waals surface area contributed by atoms with Crippen molar-refractivity contribution < 1.29 is 0 Å². The highest BCUT2D eigenvalue weighted by Gasteiger charge is 2.02. The van der Waals surface area contributed by atoms with E-state index in [0.717, 1.165) is 25.2 Å². The highest BCUT2D eigenvalue weighted by Crippen LogP contribution is 2.20. The minimum absolute atomic E-state index is 0.490. The molecule has 4 heteroatoms. The Hall–Kier alpha value is -2.18. The molecule has 0 aromatic heterocycles. The number of para-hydroxylation sites is 1. The van der Waals surface area contributed by atoms with Crippen LogP contribution < -0.4 is 10.2 Å². The number of nitrogens with one attached hydrogen (secondary N) is 1. The lowest BCUT2D eigenvalue weighted by Crippen LogP contribution is -2.20. The molecule has 0 unspecified atom stereocenters. The van der Waals surface area contributed by atoms with Gasteiger partial charge in [-0.25, -0.2) is 0 Å². The molecule has 0 fully saturated rings. The summed E-state index contributed by atoms with van der Waals surface area (Å²) in [6.07, 6.45) is 1.02. The second kappa shape index (κ2) is 7.56. The first-order valence-electron chi connectivity index (χ1n) is 6.90. The number of hydrogen-bond donors (Lipinski definition) is 1. The summed E-state index contributed by atoms with van der Waals surface area (Å²) < 4.78 is 0. The van der Waals surface area contributed by atoms with E-state index in [-0.39, 0.29) is 0 Å². The normalized spacial score (nSPS) is 9.95. The molecule has 0 heterocycles. The van der Waals surface area contributed by atoms with Crippen LogP contribution >= 0.6 is 11.6 Å². The molecule has 0 bridgehead atoms. The van der Waals surface area contributed by atoms with Crippen LogP contribution in [0.4, 0.5) is 11.4 Å². The first kappa shape index (κ1) is 15.2. The van der Waals surface area contributed by atoms with Gasteiger partial charge in [-0.05, 0) is 36.8 Å². The van der Waals surface area contributed by atoms with Gasteiger partial charge in [0.15, 0.2) is 0 Å². The van der Waals surface area contributed by atoms with Crippen LogP contribution in [0.3, 0.4) is 0 Å². The molecule has 3 nitrogen and oxygen atoms in total. The average molecular weight is 300 g/mol. The second-order valence-electron chi connectivity index (χ2n) is 4.84. The van der Waals surface area contributed by atoms with E-state index in [2.05, 4.69) is 35.5 Å². The van der Waals surface area contributed by atoms with Crippen molar-refractivity contribution in [2.24, 2.45) is 0 Å². The topological polar surface area (TPSA) is 39.1 Å². The van der Waals surface area contributed by atoms with Gasteiger partial charge in [0.2, 0.25) is 0 Å². The molecule has 2 aromatic carbocycles. The largest absolute Gasteiger partial charge is 0.385 e. The van der Waals surface area contributed by atoms with E-state index in [1.165, 1.54) is 5.69 Å². The zero-order valence-corrected chi connectivity index (χ0v) is 12.8. The zero-order chi connectivity index (χ0) is 15.1. The third kappa shape index (κ3) is 4.40. The van der Waals surface area contributed by atoms with E-state index < -0.39 is 0 Å². The van der Waals surface area contributed by atoms with Gasteiger partial charge in [-0.1, -0.05) is 29.8 Å². The van der Waals surface area contributed by atoms with E-state index in [1.54, 1.807) is 12.1 Å². The Morgan fingerprint density at radius 2 is 1.95 bits per heavy atom. The van der Waals surface area contributed by atoms with Gasteiger partial charge in [-0.3, -0.25) is 0 Å². The molecular weight excluding hydrogens is 282 g/mol. The van der Waals surface area contributed by atoms with Crippen molar-refractivity contribution in [1.29, 1.82) is 5.26 Å². The Balaban J connectivity index is 1.77. The highest BCUT2D eigenvalue weighted by atomic mass is 35.5. The summed E-state index contributed by atoms with van der Waals surface area (Å²) in [6.45, 7) is 1.83. The van der Waals surface area contributed by atoms with Gasteiger partial charge < -0.3 is 10.2 Å². The Kier molecular flexibility index (Phi) is 5.48. The lowest BCUT2D eigenvalue weighted by atomic mass is 10.2. The molecule has 0 saturated heterocycles. The highest BCUT2D eigenvalue weighted by molar-refractivity contribution is 6.32. The molecule has 0 aliphatic carbocycles. The third-order valence-electron chi connectivity index (χ3n) is 3.29. The van der Waals surface area contributed by atoms with Crippen molar-refractivity contribution in [3.05, 3.63) is 59.1 Å². The maximum atomic E-state index is 8.83. The van der Waals surface area contributed by atoms with Crippen LogP contribution in [0.5, 0.6) is 0 Å². The number of anilines is 2. The number of benzene rings is 2. The number of nitriles is 1. The summed E-state index contributed by atoms with van der Waals surface area (Å²) in [7, 11) is 2.09. The molecule has 0 amide bonds. The summed E-state index contributed by atoms with van der Waals surface area (Å²) in [4.78, 5) is 2.23. The number of rotatable bonds is 6. The Morgan fingerprint density at radius 3 is 2.62 bits per heavy atom. The summed E-state index contributed by atoms with van der Waals surface area (Å²) in [5, 5.41) is 12.6. The molecule has 0 saturated carbocycles. The smallest absolute Gasteiger partial charge is 0.101 e. The predicted octanol–water partition coefficient (Wildman–Crippen LogP) is 4.15. The van der Waals surface area contributed by atoms with Crippen LogP contribution in [0.15, 0.2) is 48.5 Å². The molecule has 0 atom stereocenters. The maximum Gasteiger partial charge on any atom is 0.101 e. The van der Waals surface area contributed by atoms with Gasteiger partial charge in [0.25, 0.3) is 0 Å². The van der Waals surface area contributed by atoms with E-state index in [9.17, 15) is 0 Å². The Bertz CT molecular complexity index is 620. The first-order valence-corrected chi connectivity index (χ1v) is 7.28. The molecule has 0 aliphatic rings.